The first-order valence-corrected chi connectivity index (χ1v) is 5.51. The molecule has 0 fully saturated rings. The molecule has 8 heteroatoms. The van der Waals surface area contributed by atoms with Gasteiger partial charge in [0.05, 0.1) is 4.92 Å². The Hall–Kier alpha value is -1.83. The van der Waals surface area contributed by atoms with Crippen molar-refractivity contribution in [3.8, 4) is 0 Å². The van der Waals surface area contributed by atoms with Crippen LogP contribution in [-0.2, 0) is 0 Å². The van der Waals surface area contributed by atoms with Crippen LogP contribution >= 0.6 is 15.9 Å². The minimum atomic E-state index is -0.628. The average molecular weight is 303 g/mol. The van der Waals surface area contributed by atoms with Crippen LogP contribution in [0.25, 0.3) is 0 Å². The normalized spacial score (nSPS) is 9.71. The molecule has 0 aromatic heterocycles. The quantitative estimate of drug-likeness (QED) is 0.434. The summed E-state index contributed by atoms with van der Waals surface area (Å²) in [6, 6.07) is 4.06. The molecule has 17 heavy (non-hydrogen) atoms. The van der Waals surface area contributed by atoms with Crippen molar-refractivity contribution in [2.75, 3.05) is 18.4 Å². The van der Waals surface area contributed by atoms with Crippen molar-refractivity contribution in [1.29, 1.82) is 0 Å². The Kier molecular flexibility index (Phi) is 4.70. The molecule has 0 saturated heterocycles. The van der Waals surface area contributed by atoms with Crippen LogP contribution in [0.4, 0.5) is 16.2 Å². The third kappa shape index (κ3) is 4.27. The second-order valence-electron chi connectivity index (χ2n) is 3.14. The maximum absolute atomic E-state index is 10.8. The van der Waals surface area contributed by atoms with Crippen LogP contribution in [0.2, 0.25) is 0 Å². The molecule has 4 N–H and O–H groups in total. The topological polar surface area (TPSA) is 110 Å². The second kappa shape index (κ2) is 6.04. The first-order valence-electron chi connectivity index (χ1n) is 4.72. The molecule has 1 aromatic carbocycles. The van der Waals surface area contributed by atoms with Gasteiger partial charge in [0.1, 0.15) is 5.69 Å². The van der Waals surface area contributed by atoms with Gasteiger partial charge in [-0.1, -0.05) is 15.9 Å². The largest absolute Gasteiger partial charge is 0.378 e. The number of carbonyl (C=O) groups excluding carboxylic acids is 1. The summed E-state index contributed by atoms with van der Waals surface area (Å²) >= 11 is 3.16. The molecule has 0 radical (unpaired) electrons. The molecule has 0 spiro atoms. The van der Waals surface area contributed by atoms with E-state index >= 15 is 0 Å². The number of hydrogen-bond acceptors (Lipinski definition) is 4. The van der Waals surface area contributed by atoms with Crippen LogP contribution in [0.3, 0.4) is 0 Å². The lowest BCUT2D eigenvalue weighted by atomic mass is 10.2. The molecular weight excluding hydrogens is 292 g/mol. The van der Waals surface area contributed by atoms with Gasteiger partial charge in [0.2, 0.25) is 0 Å². The molecule has 0 aliphatic carbocycles. The predicted molar refractivity (Wildman–Crippen MR) is 66.9 cm³/mol. The minimum absolute atomic E-state index is 0.0292. The number of nitro groups is 1. The zero-order chi connectivity index (χ0) is 12.8. The predicted octanol–water partition coefficient (Wildman–Crippen LogP) is 1.44. The van der Waals surface area contributed by atoms with E-state index < -0.39 is 11.0 Å². The zero-order valence-corrected chi connectivity index (χ0v) is 10.4. The highest BCUT2D eigenvalue weighted by molar-refractivity contribution is 9.10. The van der Waals surface area contributed by atoms with E-state index in [2.05, 4.69) is 26.6 Å². The first kappa shape index (κ1) is 13.2. The number of rotatable bonds is 5. The number of carbonyl (C=O) groups is 1. The third-order valence-corrected chi connectivity index (χ3v) is 2.39. The molecule has 0 aliphatic heterocycles. The summed E-state index contributed by atoms with van der Waals surface area (Å²) in [6.07, 6.45) is 0. The van der Waals surface area contributed by atoms with E-state index in [1.54, 1.807) is 12.1 Å². The number of primary amides is 1. The van der Waals surface area contributed by atoms with Gasteiger partial charge in [-0.3, -0.25) is 10.1 Å². The Morgan fingerprint density at radius 2 is 2.18 bits per heavy atom. The van der Waals surface area contributed by atoms with Gasteiger partial charge in [-0.2, -0.15) is 0 Å². The number of halogens is 1. The summed E-state index contributed by atoms with van der Waals surface area (Å²) in [7, 11) is 0. The van der Waals surface area contributed by atoms with E-state index in [9.17, 15) is 14.9 Å². The number of benzene rings is 1. The first-order chi connectivity index (χ1) is 8.00. The maximum atomic E-state index is 10.8. The summed E-state index contributed by atoms with van der Waals surface area (Å²) in [5.74, 6) is 0. The molecule has 0 saturated carbocycles. The number of amides is 2. The van der Waals surface area contributed by atoms with Crippen molar-refractivity contribution in [3.63, 3.8) is 0 Å². The van der Waals surface area contributed by atoms with Gasteiger partial charge in [0, 0.05) is 23.6 Å². The number of anilines is 1. The van der Waals surface area contributed by atoms with Gasteiger partial charge in [0.15, 0.2) is 0 Å². The van der Waals surface area contributed by atoms with Crippen molar-refractivity contribution in [3.05, 3.63) is 32.8 Å². The van der Waals surface area contributed by atoms with Gasteiger partial charge in [-0.05, 0) is 12.1 Å². The number of urea groups is 1. The fourth-order valence-corrected chi connectivity index (χ4v) is 1.54. The monoisotopic (exact) mass is 302 g/mol. The van der Waals surface area contributed by atoms with Crippen molar-refractivity contribution in [1.82, 2.24) is 5.32 Å². The highest BCUT2D eigenvalue weighted by Gasteiger charge is 2.13. The number of nitro benzene ring substituents is 1. The minimum Gasteiger partial charge on any atom is -0.378 e. The van der Waals surface area contributed by atoms with E-state index in [1.807, 2.05) is 0 Å². The van der Waals surface area contributed by atoms with Crippen LogP contribution in [-0.4, -0.2) is 24.0 Å². The molecule has 92 valence electrons. The molecule has 1 rings (SSSR count). The molecule has 0 unspecified atom stereocenters. The average Bonchev–Trinajstić information content (AvgIpc) is 2.25. The second-order valence-corrected chi connectivity index (χ2v) is 4.05. The van der Waals surface area contributed by atoms with Gasteiger partial charge in [-0.25, -0.2) is 4.79 Å². The van der Waals surface area contributed by atoms with Crippen LogP contribution in [0, 0.1) is 10.1 Å². The Morgan fingerprint density at radius 1 is 1.47 bits per heavy atom. The molecule has 0 heterocycles. The number of hydrogen-bond donors (Lipinski definition) is 3. The molecule has 0 aliphatic rings. The number of nitrogens with two attached hydrogens (primary N) is 1. The lowest BCUT2D eigenvalue weighted by Gasteiger charge is -2.07. The van der Waals surface area contributed by atoms with Crippen molar-refractivity contribution >= 4 is 33.3 Å². The lowest BCUT2D eigenvalue weighted by Crippen LogP contribution is -2.33. The van der Waals surface area contributed by atoms with E-state index in [-0.39, 0.29) is 5.69 Å². The molecular formula is C9H11BrN4O3. The Labute approximate surface area is 106 Å². The Morgan fingerprint density at radius 3 is 2.76 bits per heavy atom. The van der Waals surface area contributed by atoms with E-state index in [0.717, 1.165) is 0 Å². The SMILES string of the molecule is NC(=O)NCCNc1ccc(Br)cc1[N+](=O)[O-]. The van der Waals surface area contributed by atoms with Gasteiger partial charge in [-0.15, -0.1) is 0 Å². The lowest BCUT2D eigenvalue weighted by molar-refractivity contribution is -0.384. The van der Waals surface area contributed by atoms with Crippen molar-refractivity contribution < 1.29 is 9.72 Å². The third-order valence-electron chi connectivity index (χ3n) is 1.90. The van der Waals surface area contributed by atoms with Crippen LogP contribution in [0.1, 0.15) is 0 Å². The maximum Gasteiger partial charge on any atom is 0.312 e. The Bertz CT molecular complexity index is 438. The fourth-order valence-electron chi connectivity index (χ4n) is 1.19. The smallest absolute Gasteiger partial charge is 0.312 e. The fraction of sp³-hybridized carbons (Fsp3) is 0.222. The summed E-state index contributed by atoms with van der Waals surface area (Å²) in [5.41, 5.74) is 5.24. The zero-order valence-electron chi connectivity index (χ0n) is 8.77. The van der Waals surface area contributed by atoms with Gasteiger partial charge < -0.3 is 16.4 Å². The van der Waals surface area contributed by atoms with E-state index in [1.165, 1.54) is 6.07 Å². The number of nitrogens with one attached hydrogen (secondary N) is 2. The number of nitrogens with zero attached hydrogens (tertiary/aromatic N) is 1. The molecule has 7 nitrogen and oxygen atoms in total. The van der Waals surface area contributed by atoms with Crippen LogP contribution in [0.5, 0.6) is 0 Å². The van der Waals surface area contributed by atoms with E-state index in [0.29, 0.717) is 23.2 Å². The summed E-state index contributed by atoms with van der Waals surface area (Å²) in [4.78, 5) is 20.7. The summed E-state index contributed by atoms with van der Waals surface area (Å²) < 4.78 is 0.630. The van der Waals surface area contributed by atoms with Crippen LogP contribution in [0.15, 0.2) is 22.7 Å². The van der Waals surface area contributed by atoms with Crippen molar-refractivity contribution in [2.45, 2.75) is 0 Å². The molecule has 2 amide bonds. The van der Waals surface area contributed by atoms with Gasteiger partial charge in [0.25, 0.3) is 5.69 Å². The standard InChI is InChI=1S/C9H11BrN4O3/c10-6-1-2-7(8(5-6)14(16)17)12-3-4-13-9(11)15/h1-2,5,12H,3-4H2,(H3,11,13,15). The molecule has 0 atom stereocenters. The highest BCUT2D eigenvalue weighted by atomic mass is 79.9. The van der Waals surface area contributed by atoms with Gasteiger partial charge >= 0.3 is 6.03 Å². The van der Waals surface area contributed by atoms with Crippen LogP contribution < -0.4 is 16.4 Å². The molecule has 1 aromatic rings. The van der Waals surface area contributed by atoms with E-state index in [4.69, 9.17) is 5.73 Å². The molecule has 0 bridgehead atoms. The summed E-state index contributed by atoms with van der Waals surface area (Å²) in [5, 5.41) is 16.0. The summed E-state index contributed by atoms with van der Waals surface area (Å²) in [6.45, 7) is 0.647. The highest BCUT2D eigenvalue weighted by Crippen LogP contribution is 2.27. The van der Waals surface area contributed by atoms with Crippen molar-refractivity contribution in [2.24, 2.45) is 5.73 Å². The Balaban J connectivity index is 2.64.